The normalized spacial score (nSPS) is 18.2. The Morgan fingerprint density at radius 3 is 2.50 bits per heavy atom. The molecular formula is C21H29N5OS. The van der Waals surface area contributed by atoms with Crippen LogP contribution in [0.1, 0.15) is 49.0 Å². The van der Waals surface area contributed by atoms with E-state index >= 15 is 0 Å². The summed E-state index contributed by atoms with van der Waals surface area (Å²) in [5, 5.41) is 5.70. The molecule has 0 atom stereocenters. The molecule has 2 aliphatic rings. The molecule has 2 aliphatic heterocycles. The molecule has 4 heterocycles. The van der Waals surface area contributed by atoms with E-state index in [1.54, 1.807) is 0 Å². The predicted molar refractivity (Wildman–Crippen MR) is 114 cm³/mol. The number of carbonyl (C=O) groups is 1. The van der Waals surface area contributed by atoms with E-state index in [2.05, 4.69) is 37.2 Å². The number of rotatable bonds is 6. The van der Waals surface area contributed by atoms with Gasteiger partial charge in [-0.05, 0) is 50.9 Å². The highest BCUT2D eigenvalue weighted by Crippen LogP contribution is 2.25. The standard InChI is InChI=1S/C21H29N5OS/c27-20(22-9-14-25-10-3-1-2-4-11-25)18-16-28-21(24-18)17-7-8-19(23-15-17)26-12-5-6-13-26/h7-8,15-16H,1-6,9-14H2,(H,22,27). The van der Waals surface area contributed by atoms with Crippen molar-refractivity contribution in [1.82, 2.24) is 20.2 Å². The third-order valence-electron chi connectivity index (χ3n) is 5.57. The van der Waals surface area contributed by atoms with Crippen LogP contribution in [-0.2, 0) is 0 Å². The molecule has 0 aromatic carbocycles. The van der Waals surface area contributed by atoms with Gasteiger partial charge in [-0.3, -0.25) is 4.79 Å². The first-order valence-corrected chi connectivity index (χ1v) is 11.3. The van der Waals surface area contributed by atoms with Crippen LogP contribution in [0.4, 0.5) is 5.82 Å². The number of carbonyl (C=O) groups excluding carboxylic acids is 1. The molecule has 7 heteroatoms. The molecule has 0 radical (unpaired) electrons. The number of pyridine rings is 1. The van der Waals surface area contributed by atoms with Gasteiger partial charge in [0.15, 0.2) is 0 Å². The second kappa shape index (κ2) is 9.47. The van der Waals surface area contributed by atoms with Crippen LogP contribution >= 0.6 is 11.3 Å². The molecule has 1 N–H and O–H groups in total. The number of amides is 1. The third-order valence-corrected chi connectivity index (χ3v) is 6.47. The smallest absolute Gasteiger partial charge is 0.270 e. The zero-order valence-corrected chi connectivity index (χ0v) is 17.2. The lowest BCUT2D eigenvalue weighted by Gasteiger charge is -2.19. The molecule has 28 heavy (non-hydrogen) atoms. The first-order valence-electron chi connectivity index (χ1n) is 10.5. The number of nitrogens with one attached hydrogen (secondary N) is 1. The molecule has 6 nitrogen and oxygen atoms in total. The van der Waals surface area contributed by atoms with Crippen molar-refractivity contribution < 1.29 is 4.79 Å². The first kappa shape index (κ1) is 19.3. The molecule has 1 amide bonds. The Balaban J connectivity index is 1.30. The van der Waals surface area contributed by atoms with E-state index in [1.807, 2.05) is 11.6 Å². The summed E-state index contributed by atoms with van der Waals surface area (Å²) in [5.41, 5.74) is 1.47. The number of thiazole rings is 1. The number of hydrogen-bond acceptors (Lipinski definition) is 6. The molecule has 0 aliphatic carbocycles. The summed E-state index contributed by atoms with van der Waals surface area (Å²) < 4.78 is 0. The van der Waals surface area contributed by atoms with Gasteiger partial charge in [-0.25, -0.2) is 9.97 Å². The highest BCUT2D eigenvalue weighted by Gasteiger charge is 2.15. The van der Waals surface area contributed by atoms with Crippen molar-refractivity contribution in [3.8, 4) is 10.6 Å². The number of likely N-dealkylation sites (tertiary alicyclic amines) is 1. The minimum absolute atomic E-state index is 0.0843. The topological polar surface area (TPSA) is 61.4 Å². The van der Waals surface area contributed by atoms with E-state index in [0.717, 1.165) is 49.1 Å². The highest BCUT2D eigenvalue weighted by atomic mass is 32.1. The van der Waals surface area contributed by atoms with E-state index in [-0.39, 0.29) is 5.91 Å². The number of anilines is 1. The van der Waals surface area contributed by atoms with Gasteiger partial charge in [0.1, 0.15) is 16.5 Å². The highest BCUT2D eigenvalue weighted by molar-refractivity contribution is 7.13. The summed E-state index contributed by atoms with van der Waals surface area (Å²) >= 11 is 1.50. The molecule has 0 saturated carbocycles. The molecule has 4 rings (SSSR count). The lowest BCUT2D eigenvalue weighted by Crippen LogP contribution is -2.35. The lowest BCUT2D eigenvalue weighted by atomic mass is 10.2. The minimum Gasteiger partial charge on any atom is -0.357 e. The molecule has 2 aromatic heterocycles. The van der Waals surface area contributed by atoms with Gasteiger partial charge in [-0.15, -0.1) is 11.3 Å². The Morgan fingerprint density at radius 1 is 1.04 bits per heavy atom. The van der Waals surface area contributed by atoms with Gasteiger partial charge in [0.05, 0.1) is 0 Å². The van der Waals surface area contributed by atoms with Crippen molar-refractivity contribution in [2.45, 2.75) is 38.5 Å². The quantitative estimate of drug-likeness (QED) is 0.807. The van der Waals surface area contributed by atoms with Crippen LogP contribution in [0.15, 0.2) is 23.7 Å². The number of aromatic nitrogens is 2. The van der Waals surface area contributed by atoms with E-state index in [9.17, 15) is 4.79 Å². The Hall–Kier alpha value is -1.99. The van der Waals surface area contributed by atoms with Crippen LogP contribution in [0.25, 0.3) is 10.6 Å². The van der Waals surface area contributed by atoms with Crippen molar-refractivity contribution in [2.24, 2.45) is 0 Å². The largest absolute Gasteiger partial charge is 0.357 e. The maximum Gasteiger partial charge on any atom is 0.270 e. The van der Waals surface area contributed by atoms with Crippen molar-refractivity contribution in [3.05, 3.63) is 29.4 Å². The van der Waals surface area contributed by atoms with Gasteiger partial charge >= 0.3 is 0 Å². The van der Waals surface area contributed by atoms with E-state index in [4.69, 9.17) is 0 Å². The van der Waals surface area contributed by atoms with Gasteiger partial charge in [0, 0.05) is 43.3 Å². The van der Waals surface area contributed by atoms with Crippen LogP contribution in [0, 0.1) is 0 Å². The van der Waals surface area contributed by atoms with Crippen molar-refractivity contribution in [3.63, 3.8) is 0 Å². The van der Waals surface area contributed by atoms with Gasteiger partial charge in [0.2, 0.25) is 0 Å². The first-order chi connectivity index (χ1) is 13.8. The molecule has 0 bridgehead atoms. The Kier molecular flexibility index (Phi) is 6.54. The van der Waals surface area contributed by atoms with Gasteiger partial charge in [-0.1, -0.05) is 12.8 Å². The molecule has 2 saturated heterocycles. The van der Waals surface area contributed by atoms with Crippen LogP contribution in [0.2, 0.25) is 0 Å². The monoisotopic (exact) mass is 399 g/mol. The average molecular weight is 400 g/mol. The lowest BCUT2D eigenvalue weighted by molar-refractivity contribution is 0.0944. The van der Waals surface area contributed by atoms with Gasteiger partial charge < -0.3 is 15.1 Å². The van der Waals surface area contributed by atoms with Crippen LogP contribution < -0.4 is 10.2 Å². The fraction of sp³-hybridized carbons (Fsp3) is 0.571. The zero-order valence-electron chi connectivity index (χ0n) is 16.4. The Bertz CT molecular complexity index is 761. The maximum atomic E-state index is 12.4. The molecule has 2 aromatic rings. The third kappa shape index (κ3) is 4.89. The van der Waals surface area contributed by atoms with E-state index < -0.39 is 0 Å². The second-order valence-corrected chi connectivity index (χ2v) is 8.51. The van der Waals surface area contributed by atoms with E-state index in [0.29, 0.717) is 12.2 Å². The summed E-state index contributed by atoms with van der Waals surface area (Å²) in [6.07, 6.45) is 9.56. The van der Waals surface area contributed by atoms with Crippen molar-refractivity contribution in [2.75, 3.05) is 44.2 Å². The van der Waals surface area contributed by atoms with Crippen LogP contribution in [0.3, 0.4) is 0 Å². The summed E-state index contributed by atoms with van der Waals surface area (Å²) in [6, 6.07) is 4.11. The molecule has 150 valence electrons. The average Bonchev–Trinajstić information content (AvgIpc) is 3.37. The number of nitrogens with zero attached hydrogens (tertiary/aromatic N) is 4. The molecule has 0 unspecified atom stereocenters. The van der Waals surface area contributed by atoms with Crippen molar-refractivity contribution in [1.29, 1.82) is 0 Å². The summed E-state index contributed by atoms with van der Waals surface area (Å²) in [5.74, 6) is 0.947. The minimum atomic E-state index is -0.0843. The summed E-state index contributed by atoms with van der Waals surface area (Å²) in [7, 11) is 0. The predicted octanol–water partition coefficient (Wildman–Crippen LogP) is 3.41. The fourth-order valence-electron chi connectivity index (χ4n) is 3.93. The van der Waals surface area contributed by atoms with Crippen LogP contribution in [0.5, 0.6) is 0 Å². The second-order valence-electron chi connectivity index (χ2n) is 7.65. The molecular weight excluding hydrogens is 370 g/mol. The maximum absolute atomic E-state index is 12.4. The SMILES string of the molecule is O=C(NCCN1CCCCCC1)c1csc(-c2ccc(N3CCCC3)nc2)n1. The zero-order chi connectivity index (χ0) is 19.2. The van der Waals surface area contributed by atoms with Crippen LogP contribution in [-0.4, -0.2) is 60.0 Å². The summed E-state index contributed by atoms with van der Waals surface area (Å²) in [6.45, 7) is 6.08. The Labute approximate surface area is 171 Å². The van der Waals surface area contributed by atoms with Crippen molar-refractivity contribution >= 4 is 23.1 Å². The fourth-order valence-corrected chi connectivity index (χ4v) is 4.73. The van der Waals surface area contributed by atoms with E-state index in [1.165, 1.54) is 49.9 Å². The number of hydrogen-bond donors (Lipinski definition) is 1. The molecule has 2 fully saturated rings. The molecule has 0 spiro atoms. The van der Waals surface area contributed by atoms with Gasteiger partial charge in [-0.2, -0.15) is 0 Å². The van der Waals surface area contributed by atoms with Gasteiger partial charge in [0.25, 0.3) is 5.91 Å². The summed E-state index contributed by atoms with van der Waals surface area (Å²) in [4.78, 5) is 26.3. The Morgan fingerprint density at radius 2 is 1.79 bits per heavy atom.